The van der Waals surface area contributed by atoms with Gasteiger partial charge < -0.3 is 10.5 Å². The van der Waals surface area contributed by atoms with Gasteiger partial charge >= 0.3 is 0 Å². The number of hydrogen-bond donors (Lipinski definition) is 1. The maximum atomic E-state index is 9.61. The van der Waals surface area contributed by atoms with Crippen LogP contribution in [0.2, 0.25) is 0 Å². The number of aromatic nitrogens is 1. The van der Waals surface area contributed by atoms with Crippen LogP contribution in [-0.2, 0) is 0 Å². The van der Waals surface area contributed by atoms with Crippen LogP contribution in [0.25, 0.3) is 22.3 Å². The zero-order chi connectivity index (χ0) is 17.1. The first-order chi connectivity index (χ1) is 11.7. The summed E-state index contributed by atoms with van der Waals surface area (Å²) in [6.45, 7) is 1.91. The summed E-state index contributed by atoms with van der Waals surface area (Å²) in [5, 5.41) is 9.61. The molecule has 0 fully saturated rings. The topological polar surface area (TPSA) is 71.9 Å². The maximum absolute atomic E-state index is 9.61. The number of nitrogen functional groups attached to an aromatic ring is 1. The highest BCUT2D eigenvalue weighted by Gasteiger charge is 2.19. The fourth-order valence-corrected chi connectivity index (χ4v) is 2.84. The lowest BCUT2D eigenvalue weighted by Gasteiger charge is -2.16. The number of aryl methyl sites for hydroxylation is 1. The summed E-state index contributed by atoms with van der Waals surface area (Å²) in [5.74, 6) is 1.03. The summed E-state index contributed by atoms with van der Waals surface area (Å²) in [5.41, 5.74) is 10.8. The number of methoxy groups -OCH3 is 1. The van der Waals surface area contributed by atoms with Gasteiger partial charge in [0.15, 0.2) is 0 Å². The van der Waals surface area contributed by atoms with Gasteiger partial charge in [0.1, 0.15) is 23.2 Å². The van der Waals surface area contributed by atoms with E-state index in [0.29, 0.717) is 5.56 Å². The summed E-state index contributed by atoms with van der Waals surface area (Å²) in [7, 11) is 1.63. The number of nitriles is 1. The molecule has 118 valence electrons. The minimum absolute atomic E-state index is 0.256. The van der Waals surface area contributed by atoms with Gasteiger partial charge in [0.25, 0.3) is 0 Å². The Morgan fingerprint density at radius 3 is 2.17 bits per heavy atom. The van der Waals surface area contributed by atoms with Crippen LogP contribution in [0.15, 0.2) is 54.6 Å². The molecule has 0 spiro atoms. The zero-order valence-corrected chi connectivity index (χ0v) is 13.6. The molecular weight excluding hydrogens is 298 g/mol. The molecule has 0 aliphatic heterocycles. The standard InChI is InChI=1S/C20H17N3O/c1-13-18(15-8-10-16(24-2)11-9-15)19(14-6-4-3-5-7-14)17(12-21)20(22)23-13/h3-11H,1-2H3,(H2,22,23). The van der Waals surface area contributed by atoms with Gasteiger partial charge in [-0.15, -0.1) is 0 Å². The van der Waals surface area contributed by atoms with E-state index in [4.69, 9.17) is 10.5 Å². The maximum Gasteiger partial charge on any atom is 0.142 e. The fraction of sp³-hybridized carbons (Fsp3) is 0.100. The summed E-state index contributed by atoms with van der Waals surface area (Å²) >= 11 is 0. The normalized spacial score (nSPS) is 10.2. The molecule has 0 saturated carbocycles. The van der Waals surface area contributed by atoms with E-state index in [1.165, 1.54) is 0 Å². The number of nitrogens with two attached hydrogens (primary N) is 1. The van der Waals surface area contributed by atoms with Gasteiger partial charge in [0.2, 0.25) is 0 Å². The lowest BCUT2D eigenvalue weighted by atomic mass is 9.90. The highest BCUT2D eigenvalue weighted by Crippen LogP contribution is 2.38. The Morgan fingerprint density at radius 2 is 1.58 bits per heavy atom. The van der Waals surface area contributed by atoms with Crippen molar-refractivity contribution in [3.8, 4) is 34.1 Å². The van der Waals surface area contributed by atoms with E-state index in [-0.39, 0.29) is 5.82 Å². The molecular formula is C20H17N3O. The average Bonchev–Trinajstić information content (AvgIpc) is 2.62. The van der Waals surface area contributed by atoms with Gasteiger partial charge in [-0.05, 0) is 30.2 Å². The summed E-state index contributed by atoms with van der Waals surface area (Å²) in [4.78, 5) is 4.37. The lowest BCUT2D eigenvalue weighted by Crippen LogP contribution is -2.03. The van der Waals surface area contributed by atoms with E-state index >= 15 is 0 Å². The number of anilines is 1. The predicted octanol–water partition coefficient (Wildman–Crippen LogP) is 4.19. The number of hydrogen-bond acceptors (Lipinski definition) is 4. The molecule has 4 nitrogen and oxygen atoms in total. The van der Waals surface area contributed by atoms with Crippen molar-refractivity contribution in [2.24, 2.45) is 0 Å². The van der Waals surface area contributed by atoms with Crippen LogP contribution in [0, 0.1) is 18.3 Å². The second-order valence-corrected chi connectivity index (χ2v) is 5.41. The molecule has 0 aliphatic carbocycles. The molecule has 0 bridgehead atoms. The van der Waals surface area contributed by atoms with Crippen LogP contribution in [0.5, 0.6) is 5.75 Å². The molecule has 1 aromatic heterocycles. The quantitative estimate of drug-likeness (QED) is 0.786. The largest absolute Gasteiger partial charge is 0.497 e. The van der Waals surface area contributed by atoms with Crippen molar-refractivity contribution in [2.45, 2.75) is 6.92 Å². The summed E-state index contributed by atoms with van der Waals surface area (Å²) in [6, 6.07) is 19.7. The molecule has 3 aromatic rings. The van der Waals surface area contributed by atoms with Gasteiger partial charge in [-0.1, -0.05) is 42.5 Å². The molecule has 24 heavy (non-hydrogen) atoms. The van der Waals surface area contributed by atoms with Crippen molar-refractivity contribution >= 4 is 5.82 Å². The highest BCUT2D eigenvalue weighted by molar-refractivity contribution is 5.91. The minimum atomic E-state index is 0.256. The van der Waals surface area contributed by atoms with Crippen molar-refractivity contribution in [1.29, 1.82) is 5.26 Å². The Labute approximate surface area is 141 Å². The van der Waals surface area contributed by atoms with Gasteiger partial charge in [-0.2, -0.15) is 5.26 Å². The Bertz CT molecular complexity index is 910. The monoisotopic (exact) mass is 315 g/mol. The third-order valence-electron chi connectivity index (χ3n) is 3.96. The lowest BCUT2D eigenvalue weighted by molar-refractivity contribution is 0.415. The van der Waals surface area contributed by atoms with E-state index < -0.39 is 0 Å². The Kier molecular flexibility index (Phi) is 4.17. The molecule has 0 aliphatic rings. The van der Waals surface area contributed by atoms with E-state index in [0.717, 1.165) is 33.7 Å². The molecule has 0 radical (unpaired) electrons. The zero-order valence-electron chi connectivity index (χ0n) is 13.6. The molecule has 0 amide bonds. The van der Waals surface area contributed by atoms with Crippen molar-refractivity contribution in [3.05, 3.63) is 65.9 Å². The molecule has 1 heterocycles. The van der Waals surface area contributed by atoms with Crippen LogP contribution < -0.4 is 10.5 Å². The fourth-order valence-electron chi connectivity index (χ4n) is 2.84. The van der Waals surface area contributed by atoms with Crippen LogP contribution in [0.4, 0.5) is 5.82 Å². The average molecular weight is 315 g/mol. The number of ether oxygens (including phenoxy) is 1. The third kappa shape index (κ3) is 2.68. The minimum Gasteiger partial charge on any atom is -0.497 e. The Hall–Kier alpha value is -3.32. The van der Waals surface area contributed by atoms with Gasteiger partial charge in [-0.25, -0.2) is 4.98 Å². The summed E-state index contributed by atoms with van der Waals surface area (Å²) in [6.07, 6.45) is 0. The van der Waals surface area contributed by atoms with Crippen LogP contribution >= 0.6 is 0 Å². The number of nitrogens with zero attached hydrogens (tertiary/aromatic N) is 2. The molecule has 3 rings (SSSR count). The van der Waals surface area contributed by atoms with Gasteiger partial charge in [0, 0.05) is 16.8 Å². The van der Waals surface area contributed by atoms with E-state index in [9.17, 15) is 5.26 Å². The predicted molar refractivity (Wildman–Crippen MR) is 95.5 cm³/mol. The Morgan fingerprint density at radius 1 is 0.958 bits per heavy atom. The molecule has 4 heteroatoms. The number of pyridine rings is 1. The molecule has 0 saturated heterocycles. The van der Waals surface area contributed by atoms with Crippen molar-refractivity contribution in [3.63, 3.8) is 0 Å². The Balaban J connectivity index is 2.34. The summed E-state index contributed by atoms with van der Waals surface area (Å²) < 4.78 is 5.23. The molecule has 2 N–H and O–H groups in total. The molecule has 0 unspecified atom stereocenters. The second kappa shape index (κ2) is 6.43. The number of benzene rings is 2. The first kappa shape index (κ1) is 15.6. The van der Waals surface area contributed by atoms with Gasteiger partial charge in [-0.3, -0.25) is 0 Å². The van der Waals surface area contributed by atoms with E-state index in [2.05, 4.69) is 11.1 Å². The second-order valence-electron chi connectivity index (χ2n) is 5.41. The first-order valence-electron chi connectivity index (χ1n) is 7.55. The first-order valence-corrected chi connectivity index (χ1v) is 7.55. The highest BCUT2D eigenvalue weighted by atomic mass is 16.5. The van der Waals surface area contributed by atoms with Crippen molar-refractivity contribution in [2.75, 3.05) is 12.8 Å². The smallest absolute Gasteiger partial charge is 0.142 e. The van der Waals surface area contributed by atoms with Gasteiger partial charge in [0.05, 0.1) is 7.11 Å². The van der Waals surface area contributed by atoms with Crippen molar-refractivity contribution in [1.82, 2.24) is 4.98 Å². The third-order valence-corrected chi connectivity index (χ3v) is 3.96. The number of rotatable bonds is 3. The van der Waals surface area contributed by atoms with E-state index in [1.807, 2.05) is 61.5 Å². The van der Waals surface area contributed by atoms with E-state index in [1.54, 1.807) is 7.11 Å². The SMILES string of the molecule is COc1ccc(-c2c(C)nc(N)c(C#N)c2-c2ccccc2)cc1. The van der Waals surface area contributed by atoms with Crippen LogP contribution in [0.3, 0.4) is 0 Å². The van der Waals surface area contributed by atoms with Crippen molar-refractivity contribution < 1.29 is 4.74 Å². The van der Waals surface area contributed by atoms with Crippen LogP contribution in [0.1, 0.15) is 11.3 Å². The molecule has 0 atom stereocenters. The van der Waals surface area contributed by atoms with Crippen LogP contribution in [-0.4, -0.2) is 12.1 Å². The molecule has 2 aromatic carbocycles.